The molecule has 0 saturated carbocycles. The van der Waals surface area contributed by atoms with Crippen molar-refractivity contribution < 1.29 is 33.0 Å². The minimum absolute atomic E-state index is 0.00205. The first-order valence-corrected chi connectivity index (χ1v) is 11.0. The maximum atomic E-state index is 13.7. The third-order valence-electron chi connectivity index (χ3n) is 5.93. The van der Waals surface area contributed by atoms with E-state index >= 15 is 0 Å². The average Bonchev–Trinajstić information content (AvgIpc) is 2.75. The number of nitrogens with one attached hydrogen (secondary N) is 1. The molecule has 33 heavy (non-hydrogen) atoms. The number of carbonyl (C=O) groups excluding carboxylic acids is 3. The zero-order chi connectivity index (χ0) is 24.3. The number of halogens is 1. The molecule has 2 aliphatic rings. The SMILES string of the molecule is COC(=O)[C@H]1C(=O)C2=C(C[C@@H]1C)NC(C)=C(C(=O)OCCOC(C)C)[C@H]2c1ccc(F)cc1. The van der Waals surface area contributed by atoms with E-state index in [9.17, 15) is 18.8 Å². The van der Waals surface area contributed by atoms with Crippen molar-refractivity contribution >= 4 is 17.7 Å². The van der Waals surface area contributed by atoms with Crippen LogP contribution in [0.5, 0.6) is 0 Å². The summed E-state index contributed by atoms with van der Waals surface area (Å²) in [5.41, 5.74) is 2.32. The van der Waals surface area contributed by atoms with Gasteiger partial charge < -0.3 is 19.5 Å². The molecule has 0 amide bonds. The number of carbonyl (C=O) groups is 3. The molecule has 8 heteroatoms. The number of dihydropyridines is 1. The first kappa shape index (κ1) is 24.6. The van der Waals surface area contributed by atoms with Gasteiger partial charge in [0, 0.05) is 22.9 Å². The van der Waals surface area contributed by atoms with Crippen molar-refractivity contribution in [2.45, 2.75) is 46.1 Å². The Labute approximate surface area is 193 Å². The minimum atomic E-state index is -0.978. The van der Waals surface area contributed by atoms with Crippen LogP contribution < -0.4 is 5.32 Å². The summed E-state index contributed by atoms with van der Waals surface area (Å²) >= 11 is 0. The molecule has 0 spiro atoms. The lowest BCUT2D eigenvalue weighted by atomic mass is 9.69. The summed E-state index contributed by atoms with van der Waals surface area (Å²) in [7, 11) is 1.24. The lowest BCUT2D eigenvalue weighted by Gasteiger charge is -2.38. The van der Waals surface area contributed by atoms with Crippen LogP contribution >= 0.6 is 0 Å². The molecular weight excluding hydrogens is 429 g/mol. The zero-order valence-electron chi connectivity index (χ0n) is 19.6. The van der Waals surface area contributed by atoms with Crippen LogP contribution in [0, 0.1) is 17.7 Å². The van der Waals surface area contributed by atoms with E-state index in [0.717, 1.165) is 0 Å². The van der Waals surface area contributed by atoms with Gasteiger partial charge in [0.2, 0.25) is 0 Å². The Bertz CT molecular complexity index is 995. The molecule has 1 aliphatic carbocycles. The summed E-state index contributed by atoms with van der Waals surface area (Å²) in [6, 6.07) is 5.63. The molecule has 0 radical (unpaired) electrons. The molecule has 0 aromatic heterocycles. The summed E-state index contributed by atoms with van der Waals surface area (Å²) in [6.45, 7) is 7.60. The van der Waals surface area contributed by atoms with Crippen LogP contribution in [0.15, 0.2) is 46.8 Å². The van der Waals surface area contributed by atoms with Crippen molar-refractivity contribution in [2.24, 2.45) is 11.8 Å². The molecular formula is C25H30FNO6. The first-order chi connectivity index (χ1) is 15.6. The van der Waals surface area contributed by atoms with Gasteiger partial charge in [-0.15, -0.1) is 0 Å². The Morgan fingerprint density at radius 1 is 1.18 bits per heavy atom. The van der Waals surface area contributed by atoms with E-state index in [1.54, 1.807) is 6.92 Å². The zero-order valence-corrected chi connectivity index (χ0v) is 19.6. The van der Waals surface area contributed by atoms with Gasteiger partial charge in [-0.1, -0.05) is 19.1 Å². The van der Waals surface area contributed by atoms with Gasteiger partial charge >= 0.3 is 11.9 Å². The van der Waals surface area contributed by atoms with Crippen molar-refractivity contribution in [1.29, 1.82) is 0 Å². The molecule has 1 N–H and O–H groups in total. The van der Waals surface area contributed by atoms with Gasteiger partial charge in [0.25, 0.3) is 0 Å². The smallest absolute Gasteiger partial charge is 0.336 e. The third-order valence-corrected chi connectivity index (χ3v) is 5.93. The molecule has 3 rings (SSSR count). The van der Waals surface area contributed by atoms with Gasteiger partial charge in [0.1, 0.15) is 18.3 Å². The average molecular weight is 460 g/mol. The Balaban J connectivity index is 2.02. The van der Waals surface area contributed by atoms with Crippen LogP contribution in [-0.4, -0.2) is 44.1 Å². The van der Waals surface area contributed by atoms with E-state index in [1.807, 2.05) is 20.8 Å². The fourth-order valence-corrected chi connectivity index (χ4v) is 4.44. The Hall–Kier alpha value is -3.00. The van der Waals surface area contributed by atoms with Crippen molar-refractivity contribution in [3.05, 3.63) is 58.2 Å². The minimum Gasteiger partial charge on any atom is -0.468 e. The van der Waals surface area contributed by atoms with E-state index in [1.165, 1.54) is 31.4 Å². The second kappa shape index (κ2) is 10.3. The predicted molar refractivity (Wildman–Crippen MR) is 118 cm³/mol. The van der Waals surface area contributed by atoms with E-state index in [2.05, 4.69) is 5.32 Å². The highest BCUT2D eigenvalue weighted by Crippen LogP contribution is 2.45. The van der Waals surface area contributed by atoms with Crippen LogP contribution in [0.2, 0.25) is 0 Å². The van der Waals surface area contributed by atoms with E-state index in [-0.39, 0.29) is 30.8 Å². The second-order valence-electron chi connectivity index (χ2n) is 8.64. The summed E-state index contributed by atoms with van der Waals surface area (Å²) in [5, 5.41) is 3.19. The normalized spacial score (nSPS) is 22.8. The molecule has 1 aliphatic heterocycles. The highest BCUT2D eigenvalue weighted by molar-refractivity contribution is 6.12. The Morgan fingerprint density at radius 2 is 1.85 bits per heavy atom. The molecule has 0 fully saturated rings. The molecule has 0 saturated heterocycles. The quantitative estimate of drug-likeness (QED) is 0.380. The molecule has 3 atom stereocenters. The van der Waals surface area contributed by atoms with Crippen LogP contribution in [0.1, 0.15) is 45.6 Å². The van der Waals surface area contributed by atoms with Gasteiger partial charge in [0.15, 0.2) is 5.78 Å². The monoisotopic (exact) mass is 459 g/mol. The molecule has 0 unspecified atom stereocenters. The fourth-order valence-electron chi connectivity index (χ4n) is 4.44. The number of hydrogen-bond donors (Lipinski definition) is 1. The van der Waals surface area contributed by atoms with Crippen molar-refractivity contribution in [3.63, 3.8) is 0 Å². The number of hydrogen-bond acceptors (Lipinski definition) is 7. The fraction of sp³-hybridized carbons (Fsp3) is 0.480. The predicted octanol–water partition coefficient (Wildman–Crippen LogP) is 3.41. The standard InChI is InChI=1S/C25H30FNO6/c1-13(2)32-10-11-33-25(30)20-15(4)27-18-12-14(3)19(24(29)31-5)23(28)22(18)21(20)16-6-8-17(26)9-7-16/h6-9,13-14,19,21,27H,10-12H2,1-5H3/t14-,19+,21+/m0/s1. The molecule has 1 heterocycles. The largest absolute Gasteiger partial charge is 0.468 e. The molecule has 1 aromatic carbocycles. The van der Waals surface area contributed by atoms with Crippen molar-refractivity contribution in [1.82, 2.24) is 5.32 Å². The number of allylic oxidation sites excluding steroid dienone is 3. The van der Waals surface area contributed by atoms with Crippen molar-refractivity contribution in [3.8, 4) is 0 Å². The Kier molecular flexibility index (Phi) is 7.68. The number of benzene rings is 1. The van der Waals surface area contributed by atoms with Gasteiger partial charge in [0.05, 0.1) is 25.4 Å². The number of ketones is 1. The van der Waals surface area contributed by atoms with Gasteiger partial charge in [-0.3, -0.25) is 9.59 Å². The van der Waals surface area contributed by atoms with E-state index in [4.69, 9.17) is 14.2 Å². The molecule has 1 aromatic rings. The van der Waals surface area contributed by atoms with E-state index in [0.29, 0.717) is 29.0 Å². The number of methoxy groups -OCH3 is 1. The van der Waals surface area contributed by atoms with Crippen LogP contribution in [0.4, 0.5) is 4.39 Å². The van der Waals surface area contributed by atoms with Crippen LogP contribution in [-0.2, 0) is 28.6 Å². The first-order valence-electron chi connectivity index (χ1n) is 11.0. The lowest BCUT2D eigenvalue weighted by molar-refractivity contribution is -0.151. The van der Waals surface area contributed by atoms with Crippen LogP contribution in [0.3, 0.4) is 0 Å². The number of Topliss-reactive ketones (excluding diaryl/α,β-unsaturated/α-hetero) is 1. The van der Waals surface area contributed by atoms with Gasteiger partial charge in [-0.05, 0) is 50.8 Å². The summed E-state index contributed by atoms with van der Waals surface area (Å²) in [6.07, 6.45) is 0.429. The maximum absolute atomic E-state index is 13.7. The maximum Gasteiger partial charge on any atom is 0.336 e. The Morgan fingerprint density at radius 3 is 2.45 bits per heavy atom. The molecule has 178 valence electrons. The molecule has 7 nitrogen and oxygen atoms in total. The number of ether oxygens (including phenoxy) is 3. The number of esters is 2. The van der Waals surface area contributed by atoms with Gasteiger partial charge in [-0.25, -0.2) is 9.18 Å². The third kappa shape index (κ3) is 5.16. The highest BCUT2D eigenvalue weighted by Gasteiger charge is 2.47. The van der Waals surface area contributed by atoms with Gasteiger partial charge in [-0.2, -0.15) is 0 Å². The lowest BCUT2D eigenvalue weighted by Crippen LogP contribution is -2.43. The van der Waals surface area contributed by atoms with Crippen molar-refractivity contribution in [2.75, 3.05) is 20.3 Å². The highest BCUT2D eigenvalue weighted by atomic mass is 19.1. The molecule has 0 bridgehead atoms. The summed E-state index contributed by atoms with van der Waals surface area (Å²) < 4.78 is 29.4. The number of rotatable bonds is 7. The summed E-state index contributed by atoms with van der Waals surface area (Å²) in [4.78, 5) is 39.1. The second-order valence-corrected chi connectivity index (χ2v) is 8.64. The van der Waals surface area contributed by atoms with Crippen LogP contribution in [0.25, 0.3) is 0 Å². The topological polar surface area (TPSA) is 90.9 Å². The summed E-state index contributed by atoms with van der Waals surface area (Å²) in [5.74, 6) is -4.11. The van der Waals surface area contributed by atoms with E-state index < -0.39 is 35.4 Å².